The first kappa shape index (κ1) is 24.8. The second-order valence-corrected chi connectivity index (χ2v) is 9.37. The Labute approximate surface area is 205 Å². The van der Waals surface area contributed by atoms with Gasteiger partial charge in [0.15, 0.2) is 5.82 Å². The van der Waals surface area contributed by atoms with Gasteiger partial charge >= 0.3 is 0 Å². The molecule has 7 heteroatoms. The number of nitrogens with zero attached hydrogens (tertiary/aromatic N) is 2. The molecule has 0 unspecified atom stereocenters. The minimum absolute atomic E-state index is 0.0134. The highest BCUT2D eigenvalue weighted by Crippen LogP contribution is 2.33. The maximum absolute atomic E-state index is 16.1. The Balaban J connectivity index is 1.73. The first-order chi connectivity index (χ1) is 16.6. The number of anilines is 1. The zero-order chi connectivity index (χ0) is 25.3. The highest BCUT2D eigenvalue weighted by molar-refractivity contribution is 5.95. The smallest absolute Gasteiger partial charge is 0.251 e. The van der Waals surface area contributed by atoms with Gasteiger partial charge in [-0.25, -0.2) is 8.78 Å². The van der Waals surface area contributed by atoms with E-state index in [0.29, 0.717) is 41.0 Å². The zero-order valence-corrected chi connectivity index (χ0v) is 20.8. The van der Waals surface area contributed by atoms with E-state index in [1.807, 2.05) is 50.8 Å². The van der Waals surface area contributed by atoms with Gasteiger partial charge in [0, 0.05) is 42.1 Å². The lowest BCUT2D eigenvalue weighted by molar-refractivity contribution is -0.00540. The number of aromatic nitrogens is 1. The third-order valence-electron chi connectivity index (χ3n) is 6.23. The normalized spacial score (nSPS) is 18.0. The van der Waals surface area contributed by atoms with Crippen molar-refractivity contribution < 1.29 is 18.3 Å². The number of ether oxygens (including phenoxy) is 1. The van der Waals surface area contributed by atoms with Crippen LogP contribution in [-0.4, -0.2) is 36.2 Å². The molecule has 4 rings (SSSR count). The molecule has 2 heterocycles. The number of benzene rings is 2. The van der Waals surface area contributed by atoms with Gasteiger partial charge in [0.1, 0.15) is 5.82 Å². The highest BCUT2D eigenvalue weighted by Gasteiger charge is 2.26. The molecule has 3 aromatic rings. The van der Waals surface area contributed by atoms with Crippen LogP contribution in [0.5, 0.6) is 0 Å². The first-order valence-electron chi connectivity index (χ1n) is 11.8. The number of amides is 1. The van der Waals surface area contributed by atoms with Crippen LogP contribution in [0.2, 0.25) is 0 Å². The van der Waals surface area contributed by atoms with Crippen molar-refractivity contribution in [2.45, 2.75) is 53.4 Å². The van der Waals surface area contributed by atoms with Crippen LogP contribution in [0.15, 0.2) is 42.5 Å². The summed E-state index contributed by atoms with van der Waals surface area (Å²) in [5.41, 5.74) is 4.96. The number of nitrogens with one attached hydrogen (secondary N) is 1. The molecule has 1 amide bonds. The average Bonchev–Trinajstić information content (AvgIpc) is 2.76. The Morgan fingerprint density at radius 1 is 1.03 bits per heavy atom. The van der Waals surface area contributed by atoms with Crippen LogP contribution in [0.25, 0.3) is 11.1 Å². The van der Waals surface area contributed by atoms with Crippen molar-refractivity contribution in [2.24, 2.45) is 0 Å². The molecule has 1 aliphatic rings. The summed E-state index contributed by atoms with van der Waals surface area (Å²) in [4.78, 5) is 19.3. The summed E-state index contributed by atoms with van der Waals surface area (Å²) in [6.07, 6.45) is -0.0409. The Hall–Kier alpha value is -3.32. The van der Waals surface area contributed by atoms with Gasteiger partial charge in [0.25, 0.3) is 5.91 Å². The van der Waals surface area contributed by atoms with Crippen molar-refractivity contribution in [2.75, 3.05) is 18.0 Å². The van der Waals surface area contributed by atoms with Crippen LogP contribution in [0.1, 0.15) is 46.7 Å². The lowest BCUT2D eigenvalue weighted by Crippen LogP contribution is -2.46. The number of halogens is 2. The van der Waals surface area contributed by atoms with E-state index in [9.17, 15) is 9.18 Å². The Morgan fingerprint density at radius 2 is 1.69 bits per heavy atom. The van der Waals surface area contributed by atoms with Gasteiger partial charge < -0.3 is 15.0 Å². The van der Waals surface area contributed by atoms with Gasteiger partial charge in [-0.15, -0.1) is 0 Å². The number of carbonyl (C=O) groups is 1. The standard InChI is InChI=1S/C28H31F2N3O2/c1-16-10-22(29)6-7-23(16)28(34)31-13-25-24(21-11-17(2)32-18(3)12-21)8-9-26(27(25)30)33-14-19(4)35-20(5)15-33/h6-12,19-20H,13-15H2,1-5H3,(H,31,34)/t19-,20+. The van der Waals surface area contributed by atoms with Crippen LogP contribution >= 0.6 is 0 Å². The molecule has 1 fully saturated rings. The minimum atomic E-state index is -0.405. The topological polar surface area (TPSA) is 54.5 Å². The number of carbonyl (C=O) groups excluding carboxylic acids is 1. The van der Waals surface area contributed by atoms with E-state index in [1.165, 1.54) is 18.2 Å². The Bertz CT molecular complexity index is 1230. The second kappa shape index (κ2) is 10.1. The van der Waals surface area contributed by atoms with Crippen LogP contribution in [0, 0.1) is 32.4 Å². The SMILES string of the molecule is Cc1cc(-c2ccc(N3C[C@@H](C)O[C@@H](C)C3)c(F)c2CNC(=O)c2ccc(F)cc2C)cc(C)n1. The molecule has 184 valence electrons. The van der Waals surface area contributed by atoms with Crippen LogP contribution < -0.4 is 10.2 Å². The number of aryl methyl sites for hydroxylation is 3. The maximum Gasteiger partial charge on any atom is 0.251 e. The number of hydrogen-bond donors (Lipinski definition) is 1. The summed E-state index contributed by atoms with van der Waals surface area (Å²) < 4.78 is 35.5. The average molecular weight is 480 g/mol. The second-order valence-electron chi connectivity index (χ2n) is 9.37. The first-order valence-corrected chi connectivity index (χ1v) is 11.8. The van der Waals surface area contributed by atoms with E-state index in [-0.39, 0.29) is 30.5 Å². The molecule has 5 nitrogen and oxygen atoms in total. The van der Waals surface area contributed by atoms with Gasteiger partial charge in [-0.05, 0) is 87.7 Å². The van der Waals surface area contributed by atoms with Gasteiger partial charge in [-0.3, -0.25) is 9.78 Å². The van der Waals surface area contributed by atoms with Crippen LogP contribution in [0.3, 0.4) is 0 Å². The van der Waals surface area contributed by atoms with Crippen molar-refractivity contribution in [1.82, 2.24) is 10.3 Å². The zero-order valence-electron chi connectivity index (χ0n) is 20.8. The molecule has 1 aromatic heterocycles. The largest absolute Gasteiger partial charge is 0.372 e. The quantitative estimate of drug-likeness (QED) is 0.525. The minimum Gasteiger partial charge on any atom is -0.372 e. The van der Waals surface area contributed by atoms with Crippen molar-refractivity contribution in [3.05, 3.63) is 82.2 Å². The molecule has 2 atom stereocenters. The summed E-state index contributed by atoms with van der Waals surface area (Å²) in [6, 6.07) is 11.5. The molecule has 0 radical (unpaired) electrons. The fraction of sp³-hybridized carbons (Fsp3) is 0.357. The number of rotatable bonds is 5. The summed E-state index contributed by atoms with van der Waals surface area (Å²) >= 11 is 0. The molecule has 0 saturated carbocycles. The molecule has 0 aliphatic carbocycles. The highest BCUT2D eigenvalue weighted by atomic mass is 19.1. The fourth-order valence-electron chi connectivity index (χ4n) is 4.81. The van der Waals surface area contributed by atoms with Gasteiger partial charge in [0.05, 0.1) is 17.9 Å². The predicted molar refractivity (Wildman–Crippen MR) is 134 cm³/mol. The van der Waals surface area contributed by atoms with Gasteiger partial charge in [0.2, 0.25) is 0 Å². The molecule has 1 N–H and O–H groups in total. The summed E-state index contributed by atoms with van der Waals surface area (Å²) in [5.74, 6) is -1.15. The van der Waals surface area contributed by atoms with E-state index >= 15 is 4.39 Å². The van der Waals surface area contributed by atoms with E-state index in [0.717, 1.165) is 17.0 Å². The molecular formula is C28H31F2N3O2. The van der Waals surface area contributed by atoms with E-state index in [2.05, 4.69) is 10.3 Å². The summed E-state index contributed by atoms with van der Waals surface area (Å²) in [6.45, 7) is 10.6. The molecular weight excluding hydrogens is 448 g/mol. The van der Waals surface area contributed by atoms with E-state index in [4.69, 9.17) is 4.74 Å². The number of morpholine rings is 1. The maximum atomic E-state index is 16.1. The Morgan fingerprint density at radius 3 is 2.31 bits per heavy atom. The molecule has 2 aromatic carbocycles. The van der Waals surface area contributed by atoms with Crippen molar-refractivity contribution in [3.63, 3.8) is 0 Å². The number of pyridine rings is 1. The van der Waals surface area contributed by atoms with E-state index in [1.54, 1.807) is 13.0 Å². The monoisotopic (exact) mass is 479 g/mol. The van der Waals surface area contributed by atoms with Crippen LogP contribution in [-0.2, 0) is 11.3 Å². The van der Waals surface area contributed by atoms with Gasteiger partial charge in [-0.1, -0.05) is 6.07 Å². The summed E-state index contributed by atoms with van der Waals surface area (Å²) in [7, 11) is 0. The lowest BCUT2D eigenvalue weighted by Gasteiger charge is -2.37. The van der Waals surface area contributed by atoms with Crippen molar-refractivity contribution in [1.29, 1.82) is 0 Å². The molecule has 1 aliphatic heterocycles. The van der Waals surface area contributed by atoms with Crippen molar-refractivity contribution >= 4 is 11.6 Å². The Kier molecular flexibility index (Phi) is 7.17. The van der Waals surface area contributed by atoms with Crippen LogP contribution in [0.4, 0.5) is 14.5 Å². The predicted octanol–water partition coefficient (Wildman–Crippen LogP) is 5.50. The summed E-state index contributed by atoms with van der Waals surface area (Å²) in [5, 5.41) is 2.84. The van der Waals surface area contributed by atoms with Crippen molar-refractivity contribution in [3.8, 4) is 11.1 Å². The fourth-order valence-corrected chi connectivity index (χ4v) is 4.81. The molecule has 0 bridgehead atoms. The van der Waals surface area contributed by atoms with E-state index < -0.39 is 5.82 Å². The third-order valence-corrected chi connectivity index (χ3v) is 6.23. The lowest BCUT2D eigenvalue weighted by atomic mass is 9.96. The van der Waals surface area contributed by atoms with Gasteiger partial charge in [-0.2, -0.15) is 0 Å². The third kappa shape index (κ3) is 5.51. The molecule has 35 heavy (non-hydrogen) atoms. The molecule has 1 saturated heterocycles. The number of hydrogen-bond acceptors (Lipinski definition) is 4. The molecule has 0 spiro atoms.